The standard InChI is InChI=1S/C12H25N/c1-6-10(13-11(3,4)5)12(7-2)8-9-12/h10,13H,6-9H2,1-5H3. The van der Waals surface area contributed by atoms with Gasteiger partial charge >= 0.3 is 0 Å². The van der Waals surface area contributed by atoms with Gasteiger partial charge in [-0.3, -0.25) is 0 Å². The third kappa shape index (κ3) is 2.70. The summed E-state index contributed by atoms with van der Waals surface area (Å²) in [5.74, 6) is 0. The van der Waals surface area contributed by atoms with Crippen molar-refractivity contribution in [1.29, 1.82) is 0 Å². The van der Waals surface area contributed by atoms with Crippen LogP contribution in [-0.2, 0) is 0 Å². The number of nitrogens with one attached hydrogen (secondary N) is 1. The third-order valence-electron chi connectivity index (χ3n) is 3.35. The van der Waals surface area contributed by atoms with Crippen molar-refractivity contribution in [2.45, 2.75) is 71.9 Å². The van der Waals surface area contributed by atoms with E-state index in [1.54, 1.807) is 0 Å². The Bertz CT molecular complexity index is 162. The molecule has 0 saturated heterocycles. The Morgan fingerprint density at radius 2 is 1.77 bits per heavy atom. The van der Waals surface area contributed by atoms with Gasteiger partial charge in [0.05, 0.1) is 0 Å². The molecular weight excluding hydrogens is 158 g/mol. The lowest BCUT2D eigenvalue weighted by atomic mass is 9.89. The van der Waals surface area contributed by atoms with E-state index in [0.29, 0.717) is 5.41 Å². The fourth-order valence-corrected chi connectivity index (χ4v) is 2.32. The SMILES string of the molecule is CCC(NC(C)(C)C)C1(CC)CC1. The van der Waals surface area contributed by atoms with Crippen LogP contribution in [0.25, 0.3) is 0 Å². The minimum absolute atomic E-state index is 0.269. The zero-order valence-corrected chi connectivity index (χ0v) is 9.91. The van der Waals surface area contributed by atoms with Crippen molar-refractivity contribution >= 4 is 0 Å². The molecule has 0 aromatic carbocycles. The second-order valence-electron chi connectivity index (χ2n) is 5.57. The van der Waals surface area contributed by atoms with Gasteiger partial charge in [0, 0.05) is 11.6 Å². The maximum absolute atomic E-state index is 3.76. The first-order chi connectivity index (χ1) is 5.93. The summed E-state index contributed by atoms with van der Waals surface area (Å²) in [6, 6.07) is 0.734. The first-order valence-corrected chi connectivity index (χ1v) is 5.71. The first kappa shape index (κ1) is 11.0. The smallest absolute Gasteiger partial charge is 0.0126 e. The molecule has 0 spiro atoms. The van der Waals surface area contributed by atoms with Gasteiger partial charge in [0.1, 0.15) is 0 Å². The van der Waals surface area contributed by atoms with Crippen molar-refractivity contribution < 1.29 is 0 Å². The van der Waals surface area contributed by atoms with Crippen molar-refractivity contribution in [3.05, 3.63) is 0 Å². The van der Waals surface area contributed by atoms with Crippen LogP contribution in [0.5, 0.6) is 0 Å². The van der Waals surface area contributed by atoms with Crippen LogP contribution in [0.4, 0.5) is 0 Å². The molecular formula is C12H25N. The quantitative estimate of drug-likeness (QED) is 0.705. The maximum Gasteiger partial charge on any atom is 0.0126 e. The molecule has 1 aliphatic carbocycles. The molecule has 1 N–H and O–H groups in total. The molecule has 0 heterocycles. The van der Waals surface area contributed by atoms with E-state index < -0.39 is 0 Å². The molecule has 1 fully saturated rings. The summed E-state index contributed by atoms with van der Waals surface area (Å²) in [4.78, 5) is 0. The molecule has 0 aliphatic heterocycles. The molecule has 78 valence electrons. The first-order valence-electron chi connectivity index (χ1n) is 5.71. The average Bonchev–Trinajstić information content (AvgIpc) is 2.79. The Labute approximate surface area is 83.3 Å². The van der Waals surface area contributed by atoms with Crippen molar-refractivity contribution in [2.75, 3.05) is 0 Å². The Balaban J connectivity index is 2.53. The minimum Gasteiger partial charge on any atom is -0.309 e. The molecule has 0 aromatic rings. The Morgan fingerprint density at radius 1 is 1.23 bits per heavy atom. The molecule has 1 atom stereocenters. The summed E-state index contributed by atoms with van der Waals surface area (Å²) in [5.41, 5.74) is 0.924. The molecule has 1 nitrogen and oxygen atoms in total. The fourth-order valence-electron chi connectivity index (χ4n) is 2.32. The molecule has 0 radical (unpaired) electrons. The number of hydrogen-bond donors (Lipinski definition) is 1. The van der Waals surface area contributed by atoms with Gasteiger partial charge in [0.15, 0.2) is 0 Å². The normalized spacial score (nSPS) is 22.8. The summed E-state index contributed by atoms with van der Waals surface area (Å²) < 4.78 is 0. The molecule has 1 saturated carbocycles. The van der Waals surface area contributed by atoms with E-state index in [1.165, 1.54) is 25.7 Å². The van der Waals surface area contributed by atoms with Gasteiger partial charge in [-0.05, 0) is 51.9 Å². The zero-order valence-electron chi connectivity index (χ0n) is 9.91. The van der Waals surface area contributed by atoms with Gasteiger partial charge in [-0.25, -0.2) is 0 Å². The van der Waals surface area contributed by atoms with Gasteiger partial charge in [-0.1, -0.05) is 13.8 Å². The summed E-state index contributed by atoms with van der Waals surface area (Å²) in [6.07, 6.45) is 5.48. The van der Waals surface area contributed by atoms with Crippen molar-refractivity contribution in [2.24, 2.45) is 5.41 Å². The number of hydrogen-bond acceptors (Lipinski definition) is 1. The van der Waals surface area contributed by atoms with E-state index in [2.05, 4.69) is 39.9 Å². The van der Waals surface area contributed by atoms with Crippen LogP contribution in [0.15, 0.2) is 0 Å². The van der Waals surface area contributed by atoms with Gasteiger partial charge in [0.2, 0.25) is 0 Å². The van der Waals surface area contributed by atoms with Gasteiger partial charge in [-0.15, -0.1) is 0 Å². The maximum atomic E-state index is 3.76. The molecule has 0 aromatic heterocycles. The highest BCUT2D eigenvalue weighted by atomic mass is 15.0. The molecule has 0 amide bonds. The van der Waals surface area contributed by atoms with Crippen molar-refractivity contribution in [3.63, 3.8) is 0 Å². The molecule has 1 aliphatic rings. The lowest BCUT2D eigenvalue weighted by Gasteiger charge is -2.33. The zero-order chi connectivity index (χ0) is 10.1. The Kier molecular flexibility index (Phi) is 3.06. The summed E-state index contributed by atoms with van der Waals surface area (Å²) in [7, 11) is 0. The molecule has 0 bridgehead atoms. The topological polar surface area (TPSA) is 12.0 Å². The minimum atomic E-state index is 0.269. The highest BCUT2D eigenvalue weighted by Gasteiger charge is 2.47. The molecule has 1 rings (SSSR count). The van der Waals surface area contributed by atoms with Crippen LogP contribution in [0.1, 0.15) is 60.3 Å². The predicted molar refractivity (Wildman–Crippen MR) is 58.9 cm³/mol. The van der Waals surface area contributed by atoms with Crippen LogP contribution < -0.4 is 5.32 Å². The second-order valence-corrected chi connectivity index (χ2v) is 5.57. The predicted octanol–water partition coefficient (Wildman–Crippen LogP) is 3.34. The monoisotopic (exact) mass is 183 g/mol. The van der Waals surface area contributed by atoms with E-state index >= 15 is 0 Å². The average molecular weight is 183 g/mol. The van der Waals surface area contributed by atoms with Gasteiger partial charge in [-0.2, -0.15) is 0 Å². The lowest BCUT2D eigenvalue weighted by Crippen LogP contribution is -2.47. The fraction of sp³-hybridized carbons (Fsp3) is 1.00. The second kappa shape index (κ2) is 3.61. The Hall–Kier alpha value is -0.0400. The summed E-state index contributed by atoms with van der Waals surface area (Å²) in [6.45, 7) is 11.4. The summed E-state index contributed by atoms with van der Waals surface area (Å²) >= 11 is 0. The van der Waals surface area contributed by atoms with E-state index in [9.17, 15) is 0 Å². The van der Waals surface area contributed by atoms with E-state index in [-0.39, 0.29) is 5.54 Å². The van der Waals surface area contributed by atoms with Gasteiger partial charge < -0.3 is 5.32 Å². The largest absolute Gasteiger partial charge is 0.309 e. The molecule has 13 heavy (non-hydrogen) atoms. The molecule has 1 heteroatoms. The Morgan fingerprint density at radius 3 is 2.00 bits per heavy atom. The highest BCUT2D eigenvalue weighted by Crippen LogP contribution is 2.52. The van der Waals surface area contributed by atoms with E-state index in [4.69, 9.17) is 0 Å². The van der Waals surface area contributed by atoms with Crippen LogP contribution >= 0.6 is 0 Å². The van der Waals surface area contributed by atoms with Crippen LogP contribution in [0.3, 0.4) is 0 Å². The van der Waals surface area contributed by atoms with Crippen molar-refractivity contribution in [3.8, 4) is 0 Å². The van der Waals surface area contributed by atoms with Crippen LogP contribution in [0, 0.1) is 5.41 Å². The molecule has 1 unspecified atom stereocenters. The van der Waals surface area contributed by atoms with E-state index in [0.717, 1.165) is 6.04 Å². The highest BCUT2D eigenvalue weighted by molar-refractivity contribution is 5.02. The van der Waals surface area contributed by atoms with Crippen LogP contribution in [-0.4, -0.2) is 11.6 Å². The van der Waals surface area contributed by atoms with E-state index in [1.807, 2.05) is 0 Å². The van der Waals surface area contributed by atoms with Crippen molar-refractivity contribution in [1.82, 2.24) is 5.32 Å². The summed E-state index contributed by atoms with van der Waals surface area (Å²) in [5, 5.41) is 3.76. The lowest BCUT2D eigenvalue weighted by molar-refractivity contribution is 0.250. The van der Waals surface area contributed by atoms with Gasteiger partial charge in [0.25, 0.3) is 0 Å². The number of rotatable bonds is 4. The third-order valence-corrected chi connectivity index (χ3v) is 3.35. The van der Waals surface area contributed by atoms with Crippen LogP contribution in [0.2, 0.25) is 0 Å².